The fourth-order valence-electron chi connectivity index (χ4n) is 3.13. The first kappa shape index (κ1) is 21.4. The molecule has 3 rings (SSSR count). The minimum atomic E-state index is -0.461. The summed E-state index contributed by atoms with van der Waals surface area (Å²) in [6.45, 7) is 15.2. The minimum Gasteiger partial charge on any atom is -0.444 e. The van der Waals surface area contributed by atoms with Gasteiger partial charge in [-0.1, -0.05) is 0 Å². The lowest BCUT2D eigenvalue weighted by molar-refractivity contribution is 0.00578. The van der Waals surface area contributed by atoms with Gasteiger partial charge >= 0.3 is 13.2 Å². The Labute approximate surface area is 172 Å². The van der Waals surface area contributed by atoms with Crippen molar-refractivity contribution >= 4 is 34.5 Å². The summed E-state index contributed by atoms with van der Waals surface area (Å²) in [5.74, 6) is 0. The molecule has 7 nitrogen and oxygen atoms in total. The summed E-state index contributed by atoms with van der Waals surface area (Å²) in [7, 11) is -0.382. The van der Waals surface area contributed by atoms with Crippen molar-refractivity contribution in [3.05, 3.63) is 6.20 Å². The predicted molar refractivity (Wildman–Crippen MR) is 112 cm³/mol. The summed E-state index contributed by atoms with van der Waals surface area (Å²) >= 11 is 1.56. The van der Waals surface area contributed by atoms with E-state index in [1.165, 1.54) is 0 Å². The van der Waals surface area contributed by atoms with Gasteiger partial charge in [0.15, 0.2) is 5.13 Å². The van der Waals surface area contributed by atoms with Crippen LogP contribution in [0.1, 0.15) is 61.3 Å². The molecule has 0 bridgehead atoms. The first-order valence-electron chi connectivity index (χ1n) is 9.92. The molecule has 2 aliphatic rings. The van der Waals surface area contributed by atoms with Crippen molar-refractivity contribution in [3.8, 4) is 0 Å². The molecule has 1 aromatic rings. The average molecular weight is 409 g/mol. The summed E-state index contributed by atoms with van der Waals surface area (Å²) in [4.78, 5) is 18.5. The van der Waals surface area contributed by atoms with Gasteiger partial charge in [-0.15, -0.1) is 11.3 Å². The van der Waals surface area contributed by atoms with Gasteiger partial charge in [0, 0.05) is 25.3 Å². The SMILES string of the molecule is CC(C)(C)OC(=O)N1CCC(Nc2ncc(B3OC(C)(C)C(C)(C)O3)s2)CC1. The number of aromatic nitrogens is 1. The molecule has 1 aromatic heterocycles. The smallest absolute Gasteiger partial charge is 0.444 e. The number of ether oxygens (including phenoxy) is 1. The summed E-state index contributed by atoms with van der Waals surface area (Å²) in [6.07, 6.45) is 3.32. The second kappa shape index (κ2) is 7.50. The van der Waals surface area contributed by atoms with Crippen LogP contribution in [0.3, 0.4) is 0 Å². The fraction of sp³-hybridized carbons (Fsp3) is 0.789. The molecule has 0 spiro atoms. The molecule has 156 valence electrons. The van der Waals surface area contributed by atoms with Crippen LogP contribution in [0.25, 0.3) is 0 Å². The second-order valence-electron chi connectivity index (χ2n) is 9.54. The van der Waals surface area contributed by atoms with E-state index in [9.17, 15) is 4.79 Å². The average Bonchev–Trinajstić information content (AvgIpc) is 3.09. The van der Waals surface area contributed by atoms with Crippen molar-refractivity contribution < 1.29 is 18.8 Å². The third-order valence-electron chi connectivity index (χ3n) is 5.48. The number of piperidine rings is 1. The number of rotatable bonds is 3. The van der Waals surface area contributed by atoms with Crippen LogP contribution in [-0.4, -0.2) is 59.0 Å². The number of amides is 1. The van der Waals surface area contributed by atoms with Gasteiger partial charge in [-0.3, -0.25) is 0 Å². The molecule has 28 heavy (non-hydrogen) atoms. The van der Waals surface area contributed by atoms with E-state index in [1.807, 2.05) is 54.7 Å². The van der Waals surface area contributed by atoms with E-state index >= 15 is 0 Å². The Hall–Kier alpha value is -1.32. The Balaban J connectivity index is 1.51. The van der Waals surface area contributed by atoms with Crippen LogP contribution in [0.15, 0.2) is 6.20 Å². The molecule has 2 saturated heterocycles. The number of hydrogen-bond acceptors (Lipinski definition) is 7. The van der Waals surface area contributed by atoms with Crippen LogP contribution in [0.5, 0.6) is 0 Å². The van der Waals surface area contributed by atoms with Crippen molar-refractivity contribution in [2.75, 3.05) is 18.4 Å². The molecule has 0 aromatic carbocycles. The summed E-state index contributed by atoms with van der Waals surface area (Å²) < 4.78 is 18.6. The van der Waals surface area contributed by atoms with E-state index in [2.05, 4.69) is 10.3 Å². The fourth-order valence-corrected chi connectivity index (χ4v) is 3.98. The highest BCUT2D eigenvalue weighted by Gasteiger charge is 2.52. The van der Waals surface area contributed by atoms with Crippen molar-refractivity contribution in [1.29, 1.82) is 0 Å². The molecule has 2 aliphatic heterocycles. The van der Waals surface area contributed by atoms with Crippen molar-refractivity contribution in [3.63, 3.8) is 0 Å². The number of carbonyl (C=O) groups excluding carboxylic acids is 1. The largest absolute Gasteiger partial charge is 0.507 e. The van der Waals surface area contributed by atoms with Gasteiger partial charge in [-0.25, -0.2) is 9.78 Å². The minimum absolute atomic E-state index is 0.233. The van der Waals surface area contributed by atoms with Gasteiger partial charge in [-0.05, 0) is 61.3 Å². The zero-order valence-corrected chi connectivity index (χ0v) is 18.8. The van der Waals surface area contributed by atoms with Gasteiger partial charge in [0.25, 0.3) is 0 Å². The molecule has 0 atom stereocenters. The zero-order valence-electron chi connectivity index (χ0n) is 18.0. The molecule has 0 saturated carbocycles. The molecule has 0 aliphatic carbocycles. The molecule has 3 heterocycles. The third-order valence-corrected chi connectivity index (χ3v) is 6.43. The lowest BCUT2D eigenvalue weighted by Crippen LogP contribution is -2.44. The van der Waals surface area contributed by atoms with Gasteiger partial charge < -0.3 is 24.3 Å². The topological polar surface area (TPSA) is 72.9 Å². The number of likely N-dealkylation sites (tertiary alicyclic amines) is 1. The molecule has 1 amide bonds. The second-order valence-corrected chi connectivity index (χ2v) is 10.6. The Morgan fingerprint density at radius 2 is 1.82 bits per heavy atom. The summed E-state index contributed by atoms with van der Waals surface area (Å²) in [5, 5.41) is 4.35. The maximum Gasteiger partial charge on any atom is 0.507 e. The highest BCUT2D eigenvalue weighted by Crippen LogP contribution is 2.37. The van der Waals surface area contributed by atoms with Gasteiger partial charge in [-0.2, -0.15) is 0 Å². The summed E-state index contributed by atoms with van der Waals surface area (Å²) in [5.41, 5.74) is -1.18. The Bertz CT molecular complexity index is 692. The molecular formula is C19H32BN3O4S. The first-order valence-corrected chi connectivity index (χ1v) is 10.7. The Morgan fingerprint density at radius 1 is 1.25 bits per heavy atom. The Kier molecular flexibility index (Phi) is 5.73. The van der Waals surface area contributed by atoms with E-state index in [0.717, 1.165) is 22.7 Å². The molecule has 0 radical (unpaired) electrons. The number of anilines is 1. The van der Waals surface area contributed by atoms with Crippen LogP contribution < -0.4 is 10.1 Å². The van der Waals surface area contributed by atoms with Crippen LogP contribution >= 0.6 is 11.3 Å². The number of hydrogen-bond donors (Lipinski definition) is 1. The van der Waals surface area contributed by atoms with E-state index in [0.29, 0.717) is 13.1 Å². The lowest BCUT2D eigenvalue weighted by atomic mass is 9.89. The molecular weight excluding hydrogens is 377 g/mol. The standard InChI is InChI=1S/C19H32BN3O4S/c1-17(2,3)25-16(24)23-10-8-13(9-11-23)22-15-21-12-14(28-15)20-26-18(4,5)19(6,7)27-20/h12-13H,8-11H2,1-7H3,(H,21,22). The lowest BCUT2D eigenvalue weighted by Gasteiger charge is -2.33. The van der Waals surface area contributed by atoms with E-state index < -0.39 is 5.60 Å². The highest BCUT2D eigenvalue weighted by atomic mass is 32.1. The highest BCUT2D eigenvalue weighted by molar-refractivity contribution is 7.25. The van der Waals surface area contributed by atoms with Gasteiger partial charge in [0.2, 0.25) is 0 Å². The van der Waals surface area contributed by atoms with Crippen LogP contribution in [0, 0.1) is 0 Å². The monoisotopic (exact) mass is 409 g/mol. The maximum absolute atomic E-state index is 12.2. The zero-order chi connectivity index (χ0) is 20.7. The summed E-state index contributed by atoms with van der Waals surface area (Å²) in [6, 6.07) is 0.288. The van der Waals surface area contributed by atoms with E-state index in [-0.39, 0.29) is 30.5 Å². The van der Waals surface area contributed by atoms with E-state index in [4.69, 9.17) is 14.0 Å². The number of thiazole rings is 1. The third kappa shape index (κ3) is 4.80. The quantitative estimate of drug-likeness (QED) is 0.773. The molecule has 0 unspecified atom stereocenters. The normalized spacial score (nSPS) is 22.4. The molecule has 2 fully saturated rings. The van der Waals surface area contributed by atoms with Crippen molar-refractivity contribution in [2.45, 2.75) is 84.2 Å². The van der Waals surface area contributed by atoms with Crippen LogP contribution in [0.4, 0.5) is 9.93 Å². The predicted octanol–water partition coefficient (Wildman–Crippen LogP) is 3.25. The Morgan fingerprint density at radius 3 is 2.36 bits per heavy atom. The molecule has 9 heteroatoms. The number of carbonyl (C=O) groups is 1. The van der Waals surface area contributed by atoms with Crippen molar-refractivity contribution in [2.24, 2.45) is 0 Å². The number of nitrogens with zero attached hydrogens (tertiary/aromatic N) is 2. The van der Waals surface area contributed by atoms with Crippen molar-refractivity contribution in [1.82, 2.24) is 9.88 Å². The van der Waals surface area contributed by atoms with Crippen LogP contribution in [-0.2, 0) is 14.0 Å². The molecule has 1 N–H and O–H groups in total. The van der Waals surface area contributed by atoms with E-state index in [1.54, 1.807) is 16.2 Å². The maximum atomic E-state index is 12.2. The number of nitrogens with one attached hydrogen (secondary N) is 1. The van der Waals surface area contributed by atoms with Crippen LogP contribution in [0.2, 0.25) is 0 Å². The van der Waals surface area contributed by atoms with Gasteiger partial charge in [0.1, 0.15) is 5.60 Å². The first-order chi connectivity index (χ1) is 12.9. The van der Waals surface area contributed by atoms with Gasteiger partial charge in [0.05, 0.1) is 16.0 Å².